The van der Waals surface area contributed by atoms with E-state index < -0.39 is 7.82 Å². The molecule has 0 saturated carbocycles. The number of hydrogen-bond donors (Lipinski definition) is 0. The summed E-state index contributed by atoms with van der Waals surface area (Å²) in [7, 11) is -4.28. The molecular formula is C21H18Cl3O4P. The normalized spacial score (nSPS) is 11.2. The highest BCUT2D eigenvalue weighted by atomic mass is 35.5. The van der Waals surface area contributed by atoms with Gasteiger partial charge in [0.2, 0.25) is 0 Å². The summed E-state index contributed by atoms with van der Waals surface area (Å²) in [5.41, 5.74) is 2.24. The van der Waals surface area contributed by atoms with E-state index in [2.05, 4.69) is 0 Å². The molecule has 3 aromatic carbocycles. The van der Waals surface area contributed by atoms with Crippen LogP contribution in [-0.4, -0.2) is 0 Å². The standard InChI is InChI=1S/C21H18Cl3O4P/c1-13-7-4-10-16(19(13)22)26-29(25,27-17-11-5-8-14(2)20(17)23)28-18-12-6-9-15(3)21(18)24/h4-12H,1-3H3. The van der Waals surface area contributed by atoms with Gasteiger partial charge >= 0.3 is 7.82 Å². The summed E-state index contributed by atoms with van der Waals surface area (Å²) in [5, 5.41) is 0.891. The van der Waals surface area contributed by atoms with Gasteiger partial charge in [-0.25, -0.2) is 0 Å². The van der Waals surface area contributed by atoms with Gasteiger partial charge < -0.3 is 13.6 Å². The molecule has 0 aliphatic carbocycles. The van der Waals surface area contributed by atoms with Gasteiger partial charge in [0.05, 0.1) is 15.1 Å². The van der Waals surface area contributed by atoms with Crippen molar-refractivity contribution in [2.45, 2.75) is 20.8 Å². The molecule has 0 fully saturated rings. The van der Waals surface area contributed by atoms with E-state index in [1.165, 1.54) is 0 Å². The van der Waals surface area contributed by atoms with Crippen LogP contribution in [0.5, 0.6) is 17.2 Å². The predicted octanol–water partition coefficient (Wildman–Crippen LogP) is 8.22. The Hall–Kier alpha value is -1.84. The third-order valence-electron chi connectivity index (χ3n) is 4.10. The maximum absolute atomic E-state index is 13.7. The maximum atomic E-state index is 13.7. The van der Waals surface area contributed by atoms with Gasteiger partial charge in [-0.2, -0.15) is 4.57 Å². The number of hydrogen-bond acceptors (Lipinski definition) is 4. The first kappa shape index (κ1) is 21.9. The van der Waals surface area contributed by atoms with Crippen LogP contribution in [0, 0.1) is 20.8 Å². The zero-order chi connectivity index (χ0) is 21.2. The van der Waals surface area contributed by atoms with E-state index in [1.54, 1.807) is 75.4 Å². The van der Waals surface area contributed by atoms with Crippen LogP contribution in [0.15, 0.2) is 54.6 Å². The van der Waals surface area contributed by atoms with Gasteiger partial charge in [0.1, 0.15) is 0 Å². The molecule has 152 valence electrons. The van der Waals surface area contributed by atoms with Crippen LogP contribution in [0.25, 0.3) is 0 Å². The lowest BCUT2D eigenvalue weighted by Gasteiger charge is -2.21. The molecular weight excluding hydrogens is 454 g/mol. The van der Waals surface area contributed by atoms with Crippen LogP contribution in [-0.2, 0) is 4.57 Å². The largest absolute Gasteiger partial charge is 0.647 e. The molecule has 0 aromatic heterocycles. The fourth-order valence-electron chi connectivity index (χ4n) is 2.49. The molecule has 4 nitrogen and oxygen atoms in total. The Morgan fingerprint density at radius 3 is 1.14 bits per heavy atom. The summed E-state index contributed by atoms with van der Waals surface area (Å²) in [5.74, 6) is 0.465. The average Bonchev–Trinajstić information content (AvgIpc) is 2.67. The molecule has 0 radical (unpaired) electrons. The van der Waals surface area contributed by atoms with Crippen molar-refractivity contribution < 1.29 is 18.1 Å². The summed E-state index contributed by atoms with van der Waals surface area (Å²) in [6.07, 6.45) is 0. The van der Waals surface area contributed by atoms with Crippen molar-refractivity contribution in [1.82, 2.24) is 0 Å². The lowest BCUT2D eigenvalue weighted by atomic mass is 10.2. The first-order chi connectivity index (χ1) is 13.7. The Kier molecular flexibility index (Phi) is 6.70. The Labute approximate surface area is 184 Å². The molecule has 0 atom stereocenters. The molecule has 0 unspecified atom stereocenters. The van der Waals surface area contributed by atoms with Gasteiger partial charge in [-0.05, 0) is 55.7 Å². The number of phosphoric acid groups is 1. The van der Waals surface area contributed by atoms with E-state index in [9.17, 15) is 4.57 Å². The lowest BCUT2D eigenvalue weighted by Crippen LogP contribution is -2.09. The van der Waals surface area contributed by atoms with Crippen molar-refractivity contribution in [2.24, 2.45) is 0 Å². The Bertz CT molecular complexity index is 965. The van der Waals surface area contributed by atoms with Gasteiger partial charge in [0, 0.05) is 0 Å². The first-order valence-electron chi connectivity index (χ1n) is 8.64. The van der Waals surface area contributed by atoms with Crippen LogP contribution < -0.4 is 13.6 Å². The molecule has 0 aliphatic heterocycles. The molecule has 0 heterocycles. The zero-order valence-electron chi connectivity index (χ0n) is 15.9. The third-order valence-corrected chi connectivity index (χ3v) is 6.81. The number of phosphoric ester groups is 1. The smallest absolute Gasteiger partial charge is 0.384 e. The Morgan fingerprint density at radius 2 is 0.862 bits per heavy atom. The molecule has 3 aromatic rings. The average molecular weight is 472 g/mol. The van der Waals surface area contributed by atoms with E-state index in [-0.39, 0.29) is 17.2 Å². The second-order valence-corrected chi connectivity index (χ2v) is 8.96. The highest BCUT2D eigenvalue weighted by Gasteiger charge is 2.36. The molecule has 0 N–H and O–H groups in total. The number of halogens is 3. The van der Waals surface area contributed by atoms with Crippen LogP contribution in [0.3, 0.4) is 0 Å². The van der Waals surface area contributed by atoms with Crippen LogP contribution >= 0.6 is 42.6 Å². The second kappa shape index (κ2) is 8.89. The quantitative estimate of drug-likeness (QED) is 0.340. The van der Waals surface area contributed by atoms with Gasteiger partial charge in [-0.15, -0.1) is 0 Å². The fourth-order valence-corrected chi connectivity index (χ4v) is 4.44. The molecule has 0 aliphatic rings. The molecule has 0 saturated heterocycles. The number of rotatable bonds is 6. The topological polar surface area (TPSA) is 44.8 Å². The van der Waals surface area contributed by atoms with Crippen LogP contribution in [0.1, 0.15) is 16.7 Å². The molecule has 0 amide bonds. The Morgan fingerprint density at radius 1 is 0.586 bits per heavy atom. The van der Waals surface area contributed by atoms with E-state index in [0.717, 1.165) is 16.7 Å². The summed E-state index contributed by atoms with van der Waals surface area (Å²) in [4.78, 5) is 0. The maximum Gasteiger partial charge on any atom is 0.647 e. The van der Waals surface area contributed by atoms with Crippen molar-refractivity contribution in [2.75, 3.05) is 0 Å². The van der Waals surface area contributed by atoms with Crippen molar-refractivity contribution in [3.63, 3.8) is 0 Å². The zero-order valence-corrected chi connectivity index (χ0v) is 19.1. The minimum atomic E-state index is -4.28. The summed E-state index contributed by atoms with van der Waals surface area (Å²) < 4.78 is 30.7. The van der Waals surface area contributed by atoms with E-state index in [0.29, 0.717) is 15.1 Å². The lowest BCUT2D eigenvalue weighted by molar-refractivity contribution is 0.298. The highest BCUT2D eigenvalue weighted by molar-refractivity contribution is 7.49. The SMILES string of the molecule is Cc1cccc(OP(=O)(Oc2cccc(C)c2Cl)Oc2cccc(C)c2Cl)c1Cl. The fraction of sp³-hybridized carbons (Fsp3) is 0.143. The van der Waals surface area contributed by atoms with Crippen molar-refractivity contribution in [1.29, 1.82) is 0 Å². The monoisotopic (exact) mass is 470 g/mol. The predicted molar refractivity (Wildman–Crippen MR) is 118 cm³/mol. The second-order valence-electron chi connectivity index (χ2n) is 6.38. The molecule has 0 bridgehead atoms. The van der Waals surface area contributed by atoms with Crippen molar-refractivity contribution in [3.8, 4) is 17.2 Å². The number of aryl methyl sites for hydroxylation is 3. The van der Waals surface area contributed by atoms with Crippen LogP contribution in [0.2, 0.25) is 15.1 Å². The molecule has 3 rings (SSSR count). The van der Waals surface area contributed by atoms with E-state index >= 15 is 0 Å². The van der Waals surface area contributed by atoms with Gasteiger partial charge in [0.15, 0.2) is 17.2 Å². The molecule has 0 spiro atoms. The van der Waals surface area contributed by atoms with Gasteiger partial charge in [0.25, 0.3) is 0 Å². The minimum Gasteiger partial charge on any atom is -0.384 e. The minimum absolute atomic E-state index is 0.155. The van der Waals surface area contributed by atoms with Gasteiger partial charge in [-0.1, -0.05) is 71.2 Å². The summed E-state index contributed by atoms with van der Waals surface area (Å²) in [6.45, 7) is 5.41. The van der Waals surface area contributed by atoms with E-state index in [1.807, 2.05) is 0 Å². The molecule has 29 heavy (non-hydrogen) atoms. The van der Waals surface area contributed by atoms with Gasteiger partial charge in [-0.3, -0.25) is 0 Å². The third kappa shape index (κ3) is 5.02. The Balaban J connectivity index is 2.04. The summed E-state index contributed by atoms with van der Waals surface area (Å²) in [6, 6.07) is 15.3. The summed E-state index contributed by atoms with van der Waals surface area (Å²) >= 11 is 18.9. The van der Waals surface area contributed by atoms with Crippen molar-refractivity contribution >= 4 is 42.6 Å². The van der Waals surface area contributed by atoms with Crippen molar-refractivity contribution in [3.05, 3.63) is 86.4 Å². The van der Waals surface area contributed by atoms with E-state index in [4.69, 9.17) is 48.4 Å². The highest BCUT2D eigenvalue weighted by Crippen LogP contribution is 2.53. The van der Waals surface area contributed by atoms with Crippen LogP contribution in [0.4, 0.5) is 0 Å². The number of benzene rings is 3. The molecule has 8 heteroatoms. The first-order valence-corrected chi connectivity index (χ1v) is 11.2.